The molecule has 0 unspecified atom stereocenters. The normalized spacial score (nSPS) is 33.0. The number of hydrogen-bond donors (Lipinski definition) is 2. The van der Waals surface area contributed by atoms with Gasteiger partial charge in [0.2, 0.25) is 0 Å². The zero-order chi connectivity index (χ0) is 25.5. The van der Waals surface area contributed by atoms with Crippen LogP contribution in [0.5, 0.6) is 11.5 Å². The van der Waals surface area contributed by atoms with Crippen molar-refractivity contribution in [2.24, 2.45) is 5.92 Å². The smallest absolute Gasteiger partial charge is 0.165 e. The summed E-state index contributed by atoms with van der Waals surface area (Å²) < 4.78 is 13.2. The third kappa shape index (κ3) is 3.22. The molecule has 0 aromatic heterocycles. The second-order valence-electron chi connectivity index (χ2n) is 12.2. The summed E-state index contributed by atoms with van der Waals surface area (Å²) in [5, 5.41) is 23.4. The molecule has 3 aliphatic carbocycles. The Morgan fingerprint density at radius 3 is 2.50 bits per heavy atom. The minimum Gasteiger partial charge on any atom is -0.504 e. The Morgan fingerprint density at radius 1 is 0.921 bits per heavy atom. The van der Waals surface area contributed by atoms with E-state index >= 15 is 0 Å². The van der Waals surface area contributed by atoms with Crippen LogP contribution in [0.15, 0.2) is 66.7 Å². The van der Waals surface area contributed by atoms with Gasteiger partial charge in [0, 0.05) is 18.2 Å². The minimum absolute atomic E-state index is 0.0948. The molecule has 38 heavy (non-hydrogen) atoms. The first kappa shape index (κ1) is 23.1. The van der Waals surface area contributed by atoms with Crippen molar-refractivity contribution in [3.8, 4) is 22.6 Å². The molecule has 3 aromatic rings. The number of aliphatic hydroxyl groups is 1. The Morgan fingerprint density at radius 2 is 1.71 bits per heavy atom. The van der Waals surface area contributed by atoms with Gasteiger partial charge in [0.05, 0.1) is 23.7 Å². The van der Waals surface area contributed by atoms with Gasteiger partial charge in [-0.05, 0) is 79.3 Å². The first-order chi connectivity index (χ1) is 18.6. The van der Waals surface area contributed by atoms with Crippen molar-refractivity contribution in [1.82, 2.24) is 4.90 Å². The van der Waals surface area contributed by atoms with Crippen LogP contribution in [-0.4, -0.2) is 52.1 Å². The highest BCUT2D eigenvalue weighted by atomic mass is 16.6. The molecule has 196 valence electrons. The largest absolute Gasteiger partial charge is 0.504 e. The van der Waals surface area contributed by atoms with Crippen LogP contribution in [0.4, 0.5) is 0 Å². The van der Waals surface area contributed by atoms with E-state index in [9.17, 15) is 10.2 Å². The third-order valence-corrected chi connectivity index (χ3v) is 10.2. The number of nitrogens with zero attached hydrogens (tertiary/aromatic N) is 1. The Balaban J connectivity index is 1.09. The van der Waals surface area contributed by atoms with Gasteiger partial charge in [0.1, 0.15) is 6.10 Å². The van der Waals surface area contributed by atoms with E-state index in [1.54, 1.807) is 6.07 Å². The molecule has 1 spiro atoms. The van der Waals surface area contributed by atoms with Gasteiger partial charge in [-0.1, -0.05) is 60.7 Å². The lowest BCUT2D eigenvalue weighted by Gasteiger charge is -2.64. The maximum atomic E-state index is 12.6. The van der Waals surface area contributed by atoms with Crippen LogP contribution in [-0.2, 0) is 23.2 Å². The first-order valence-electron chi connectivity index (χ1n) is 14.3. The van der Waals surface area contributed by atoms with Gasteiger partial charge in [-0.2, -0.15) is 0 Å². The predicted octanol–water partition coefficient (Wildman–Crippen LogP) is 5.21. The van der Waals surface area contributed by atoms with E-state index in [-0.39, 0.29) is 24.0 Å². The van der Waals surface area contributed by atoms with Crippen molar-refractivity contribution in [3.05, 3.63) is 83.4 Å². The van der Waals surface area contributed by atoms with Crippen molar-refractivity contribution >= 4 is 0 Å². The molecule has 5 nitrogen and oxygen atoms in total. The van der Waals surface area contributed by atoms with Gasteiger partial charge in [0.25, 0.3) is 0 Å². The highest BCUT2D eigenvalue weighted by Gasteiger charge is 2.73. The summed E-state index contributed by atoms with van der Waals surface area (Å²) >= 11 is 0. The summed E-state index contributed by atoms with van der Waals surface area (Å²) in [6, 6.07) is 22.9. The topological polar surface area (TPSA) is 62.2 Å². The molecular formula is C33H35NO4. The van der Waals surface area contributed by atoms with Crippen LogP contribution < -0.4 is 4.74 Å². The van der Waals surface area contributed by atoms with Crippen LogP contribution in [0.3, 0.4) is 0 Å². The van der Waals surface area contributed by atoms with E-state index in [4.69, 9.17) is 9.47 Å². The van der Waals surface area contributed by atoms with Gasteiger partial charge in [0.15, 0.2) is 11.5 Å². The standard InChI is InChI=1S/C33H35NO4/c35-26-13-12-25-18-28-33(36)15-14-27(37-20-22-8-10-24(11-9-22)23-4-2-1-3-5-23)31-32(33,29(25)30(26)38-31)16-17-34(28)19-21-6-7-21/h1-5,8-13,21,27-28,31,35-36H,6-7,14-20H2/t27-,28+,31-,32-,33+/m0/s1. The molecule has 5 heteroatoms. The monoisotopic (exact) mass is 509 g/mol. The van der Waals surface area contributed by atoms with Crippen molar-refractivity contribution in [1.29, 1.82) is 0 Å². The molecule has 0 amide bonds. The van der Waals surface area contributed by atoms with Gasteiger partial charge in [-0.25, -0.2) is 0 Å². The van der Waals surface area contributed by atoms with Crippen LogP contribution in [0.25, 0.3) is 11.1 Å². The number of phenolic OH excluding ortho intramolecular Hbond substituents is 1. The molecule has 1 saturated heterocycles. The molecular weight excluding hydrogens is 474 g/mol. The second kappa shape index (κ2) is 8.32. The van der Waals surface area contributed by atoms with Crippen molar-refractivity contribution in [2.75, 3.05) is 13.1 Å². The third-order valence-electron chi connectivity index (χ3n) is 10.2. The Kier molecular flexibility index (Phi) is 5.05. The maximum absolute atomic E-state index is 12.6. The molecule has 3 aromatic carbocycles. The molecule has 2 aliphatic heterocycles. The SMILES string of the molecule is Oc1ccc2c3c1O[C@H]1[C@@H](OCc4ccc(-c5ccccc5)cc4)CC[C@@]4(O)[C@@H](C2)N(CC2CC2)CC[C@]314. The number of piperidine rings is 1. The molecule has 2 N–H and O–H groups in total. The molecule has 5 aliphatic rings. The fourth-order valence-corrected chi connectivity index (χ4v) is 8.23. The number of aromatic hydroxyl groups is 1. The molecule has 3 fully saturated rings. The Labute approximate surface area is 224 Å². The number of rotatable bonds is 6. The van der Waals surface area contributed by atoms with Crippen molar-refractivity contribution < 1.29 is 19.7 Å². The highest BCUT2D eigenvalue weighted by Crippen LogP contribution is 2.65. The minimum atomic E-state index is -0.867. The number of hydrogen-bond acceptors (Lipinski definition) is 5. The number of phenols is 1. The van der Waals surface area contributed by atoms with E-state index in [2.05, 4.69) is 59.5 Å². The van der Waals surface area contributed by atoms with Gasteiger partial charge < -0.3 is 19.7 Å². The summed E-state index contributed by atoms with van der Waals surface area (Å²) in [5.41, 5.74) is 4.43. The van der Waals surface area contributed by atoms with Crippen LogP contribution in [0.1, 0.15) is 48.8 Å². The van der Waals surface area contributed by atoms with E-state index in [0.717, 1.165) is 49.4 Å². The van der Waals surface area contributed by atoms with Gasteiger partial charge in [-0.15, -0.1) is 0 Å². The van der Waals surface area contributed by atoms with Crippen molar-refractivity contribution in [2.45, 2.75) is 74.4 Å². The second-order valence-corrected chi connectivity index (χ2v) is 12.2. The van der Waals surface area contributed by atoms with Crippen LogP contribution in [0, 0.1) is 5.92 Å². The first-order valence-corrected chi connectivity index (χ1v) is 14.3. The molecule has 2 saturated carbocycles. The predicted molar refractivity (Wildman–Crippen MR) is 145 cm³/mol. The molecule has 0 radical (unpaired) electrons. The average molecular weight is 510 g/mol. The quantitative estimate of drug-likeness (QED) is 0.478. The Hall–Kier alpha value is -2.86. The number of benzene rings is 3. The van der Waals surface area contributed by atoms with Crippen LogP contribution in [0.2, 0.25) is 0 Å². The number of likely N-dealkylation sites (tertiary alicyclic amines) is 1. The molecule has 8 rings (SSSR count). The van der Waals surface area contributed by atoms with E-state index in [1.165, 1.54) is 29.5 Å². The summed E-state index contributed by atoms with van der Waals surface area (Å²) in [7, 11) is 0. The van der Waals surface area contributed by atoms with Crippen LogP contribution >= 0.6 is 0 Å². The highest BCUT2D eigenvalue weighted by molar-refractivity contribution is 5.64. The Bertz CT molecular complexity index is 1370. The summed E-state index contributed by atoms with van der Waals surface area (Å²) in [6.07, 6.45) is 5.31. The van der Waals surface area contributed by atoms with E-state index in [1.807, 2.05) is 6.07 Å². The summed E-state index contributed by atoms with van der Waals surface area (Å²) in [5.74, 6) is 1.56. The molecule has 2 bridgehead atoms. The van der Waals surface area contributed by atoms with Gasteiger partial charge in [-0.3, -0.25) is 4.90 Å². The fraction of sp³-hybridized carbons (Fsp3) is 0.455. The van der Waals surface area contributed by atoms with E-state index in [0.29, 0.717) is 18.8 Å². The maximum Gasteiger partial charge on any atom is 0.165 e. The molecule has 5 atom stereocenters. The van der Waals surface area contributed by atoms with E-state index < -0.39 is 11.0 Å². The fourth-order valence-electron chi connectivity index (χ4n) is 8.23. The molecule has 2 heterocycles. The zero-order valence-electron chi connectivity index (χ0n) is 21.7. The van der Waals surface area contributed by atoms with Gasteiger partial charge >= 0.3 is 0 Å². The number of ether oxygens (including phenoxy) is 2. The lowest BCUT2D eigenvalue weighted by Crippen LogP contribution is -2.77. The summed E-state index contributed by atoms with van der Waals surface area (Å²) in [6.45, 7) is 2.56. The zero-order valence-corrected chi connectivity index (χ0v) is 21.7. The lowest BCUT2D eigenvalue weighted by atomic mass is 9.48. The van der Waals surface area contributed by atoms with Crippen molar-refractivity contribution in [3.63, 3.8) is 0 Å². The lowest BCUT2D eigenvalue weighted by molar-refractivity contribution is -0.217. The average Bonchev–Trinajstić information content (AvgIpc) is 3.69. The summed E-state index contributed by atoms with van der Waals surface area (Å²) in [4.78, 5) is 2.57.